The summed E-state index contributed by atoms with van der Waals surface area (Å²) in [4.78, 5) is 16.3. The van der Waals surface area contributed by atoms with Crippen molar-refractivity contribution in [1.29, 1.82) is 0 Å². The average molecular weight is 270 g/mol. The van der Waals surface area contributed by atoms with Gasteiger partial charge in [-0.3, -0.25) is 5.32 Å². The molecule has 0 amide bonds. The lowest BCUT2D eigenvalue weighted by atomic mass is 10.1. The summed E-state index contributed by atoms with van der Waals surface area (Å²) in [5.74, 6) is -0.227. The summed E-state index contributed by atoms with van der Waals surface area (Å²) >= 11 is 1.71. The minimum Gasteiger partial charge on any atom is -0.468 e. The molecule has 102 valence electrons. The molecule has 5 heteroatoms. The molecule has 1 rings (SSSR count). The van der Waals surface area contributed by atoms with E-state index in [1.165, 1.54) is 16.9 Å². The number of methoxy groups -OCH3 is 1. The maximum Gasteiger partial charge on any atom is 0.327 e. The molecule has 1 unspecified atom stereocenters. The summed E-state index contributed by atoms with van der Waals surface area (Å²) in [5, 5.41) is 3.26. The van der Waals surface area contributed by atoms with Crippen molar-refractivity contribution in [3.63, 3.8) is 0 Å². The van der Waals surface area contributed by atoms with Crippen LogP contribution in [0.3, 0.4) is 0 Å². The molecule has 0 aliphatic rings. The van der Waals surface area contributed by atoms with Crippen LogP contribution >= 0.6 is 11.3 Å². The van der Waals surface area contributed by atoms with Crippen LogP contribution in [0.25, 0.3) is 0 Å². The van der Waals surface area contributed by atoms with E-state index in [0.29, 0.717) is 0 Å². The number of nitrogens with zero attached hydrogens (tertiary/aromatic N) is 1. The Kier molecular flexibility index (Phi) is 5.78. The molecule has 0 fully saturated rings. The highest BCUT2D eigenvalue weighted by molar-refractivity contribution is 7.12. The van der Waals surface area contributed by atoms with Gasteiger partial charge in [0, 0.05) is 22.8 Å². The minimum absolute atomic E-state index is 0.227. The van der Waals surface area contributed by atoms with E-state index in [4.69, 9.17) is 4.74 Å². The van der Waals surface area contributed by atoms with Gasteiger partial charge in [-0.1, -0.05) is 0 Å². The Morgan fingerprint density at radius 2 is 2.17 bits per heavy atom. The number of hydrogen-bond donors (Lipinski definition) is 1. The van der Waals surface area contributed by atoms with Crippen molar-refractivity contribution in [3.05, 3.63) is 21.4 Å². The summed E-state index contributed by atoms with van der Waals surface area (Å²) in [6, 6.07) is 1.70. The third kappa shape index (κ3) is 4.08. The van der Waals surface area contributed by atoms with Crippen molar-refractivity contribution in [3.8, 4) is 0 Å². The number of esters is 1. The first kappa shape index (κ1) is 15.1. The maximum atomic E-state index is 11.9. The van der Waals surface area contributed by atoms with E-state index in [2.05, 4.69) is 23.2 Å². The van der Waals surface area contributed by atoms with Crippen molar-refractivity contribution in [2.45, 2.75) is 19.9 Å². The number of aryl methyl sites for hydroxylation is 2. The van der Waals surface area contributed by atoms with Gasteiger partial charge in [-0.15, -0.1) is 11.3 Å². The highest BCUT2D eigenvalue weighted by Crippen LogP contribution is 2.27. The number of likely N-dealkylation sites (N-methyl/N-ethyl adjacent to an activating group) is 1. The van der Waals surface area contributed by atoms with Crippen LogP contribution in [-0.4, -0.2) is 45.2 Å². The first-order valence-corrected chi connectivity index (χ1v) is 6.80. The molecule has 18 heavy (non-hydrogen) atoms. The predicted octanol–water partition coefficient (Wildman–Crippen LogP) is 1.73. The molecular weight excluding hydrogens is 248 g/mol. The number of carbonyl (C=O) groups excluding carboxylic acids is 1. The van der Waals surface area contributed by atoms with Gasteiger partial charge in [0.15, 0.2) is 0 Å². The Morgan fingerprint density at radius 3 is 2.61 bits per heavy atom. The van der Waals surface area contributed by atoms with Crippen LogP contribution in [-0.2, 0) is 9.53 Å². The fraction of sp³-hybridized carbons (Fsp3) is 0.615. The van der Waals surface area contributed by atoms with Gasteiger partial charge in [0.05, 0.1) is 7.11 Å². The van der Waals surface area contributed by atoms with E-state index in [1.54, 1.807) is 11.3 Å². The summed E-state index contributed by atoms with van der Waals surface area (Å²) in [5.41, 5.74) is 1.03. The molecule has 0 radical (unpaired) electrons. The van der Waals surface area contributed by atoms with Gasteiger partial charge in [0.1, 0.15) is 6.04 Å². The lowest BCUT2D eigenvalue weighted by Crippen LogP contribution is -2.34. The molecule has 1 aromatic rings. The summed E-state index contributed by atoms with van der Waals surface area (Å²) in [7, 11) is 5.45. The quantitative estimate of drug-likeness (QED) is 0.799. The first-order valence-electron chi connectivity index (χ1n) is 5.98. The lowest BCUT2D eigenvalue weighted by molar-refractivity contribution is -0.143. The monoisotopic (exact) mass is 270 g/mol. The standard InChI is InChI=1S/C13H22N2O2S/c1-9-8-11(10(2)18-9)12(13(16)17-5)14-6-7-15(3)4/h8,12,14H,6-7H2,1-5H3. The van der Waals surface area contributed by atoms with Gasteiger partial charge in [-0.05, 0) is 39.6 Å². The zero-order valence-electron chi connectivity index (χ0n) is 11.7. The molecule has 1 N–H and O–H groups in total. The SMILES string of the molecule is COC(=O)C(NCCN(C)C)c1cc(C)sc1C. The van der Waals surface area contributed by atoms with Crippen molar-refractivity contribution in [2.24, 2.45) is 0 Å². The second kappa shape index (κ2) is 6.87. The van der Waals surface area contributed by atoms with Gasteiger partial charge >= 0.3 is 5.97 Å². The van der Waals surface area contributed by atoms with E-state index < -0.39 is 0 Å². The normalized spacial score (nSPS) is 12.8. The van der Waals surface area contributed by atoms with Gasteiger partial charge < -0.3 is 9.64 Å². The van der Waals surface area contributed by atoms with Crippen LogP contribution in [0, 0.1) is 13.8 Å². The minimum atomic E-state index is -0.361. The third-order valence-corrected chi connectivity index (χ3v) is 3.72. The van der Waals surface area contributed by atoms with Crippen molar-refractivity contribution in [2.75, 3.05) is 34.3 Å². The van der Waals surface area contributed by atoms with Crippen molar-refractivity contribution in [1.82, 2.24) is 10.2 Å². The van der Waals surface area contributed by atoms with Crippen LogP contribution < -0.4 is 5.32 Å². The molecule has 0 aliphatic heterocycles. The number of nitrogens with one attached hydrogen (secondary N) is 1. The second-order valence-electron chi connectivity index (χ2n) is 4.58. The zero-order chi connectivity index (χ0) is 13.7. The van der Waals surface area contributed by atoms with Crippen molar-refractivity contribution >= 4 is 17.3 Å². The molecule has 1 aromatic heterocycles. The molecule has 4 nitrogen and oxygen atoms in total. The zero-order valence-corrected chi connectivity index (χ0v) is 12.6. The highest BCUT2D eigenvalue weighted by atomic mass is 32.1. The molecule has 1 heterocycles. The maximum absolute atomic E-state index is 11.9. The summed E-state index contributed by atoms with van der Waals surface area (Å²) < 4.78 is 4.88. The van der Waals surface area contributed by atoms with Crippen LogP contribution in [0.4, 0.5) is 0 Å². The van der Waals surface area contributed by atoms with Gasteiger partial charge in [0.2, 0.25) is 0 Å². The molecule has 0 aliphatic carbocycles. The number of hydrogen-bond acceptors (Lipinski definition) is 5. The van der Waals surface area contributed by atoms with Crippen LogP contribution in [0.2, 0.25) is 0 Å². The Balaban J connectivity index is 2.78. The van der Waals surface area contributed by atoms with Gasteiger partial charge in [0.25, 0.3) is 0 Å². The Morgan fingerprint density at radius 1 is 1.50 bits per heavy atom. The fourth-order valence-electron chi connectivity index (χ4n) is 1.81. The number of ether oxygens (including phenoxy) is 1. The van der Waals surface area contributed by atoms with Crippen molar-refractivity contribution < 1.29 is 9.53 Å². The number of carbonyl (C=O) groups is 1. The van der Waals surface area contributed by atoms with E-state index in [9.17, 15) is 4.79 Å². The first-order chi connectivity index (χ1) is 8.45. The molecule has 1 atom stereocenters. The molecule has 0 aromatic carbocycles. The summed E-state index contributed by atoms with van der Waals surface area (Å²) in [6.07, 6.45) is 0. The van der Waals surface area contributed by atoms with Crippen LogP contribution in [0.5, 0.6) is 0 Å². The van der Waals surface area contributed by atoms with E-state index in [0.717, 1.165) is 18.7 Å². The summed E-state index contributed by atoms with van der Waals surface area (Å²) in [6.45, 7) is 5.72. The van der Waals surface area contributed by atoms with E-state index >= 15 is 0 Å². The molecular formula is C13H22N2O2S. The van der Waals surface area contributed by atoms with Gasteiger partial charge in [-0.2, -0.15) is 0 Å². The third-order valence-electron chi connectivity index (χ3n) is 2.73. The predicted molar refractivity (Wildman–Crippen MR) is 75.1 cm³/mol. The largest absolute Gasteiger partial charge is 0.468 e. The highest BCUT2D eigenvalue weighted by Gasteiger charge is 2.23. The number of rotatable bonds is 6. The van der Waals surface area contributed by atoms with E-state index in [1.807, 2.05) is 21.0 Å². The van der Waals surface area contributed by atoms with Crippen LogP contribution in [0.1, 0.15) is 21.4 Å². The van der Waals surface area contributed by atoms with E-state index in [-0.39, 0.29) is 12.0 Å². The Labute approximate surface area is 113 Å². The molecule has 0 spiro atoms. The number of thiophene rings is 1. The molecule has 0 saturated heterocycles. The lowest BCUT2D eigenvalue weighted by Gasteiger charge is -2.18. The van der Waals surface area contributed by atoms with Crippen LogP contribution in [0.15, 0.2) is 6.07 Å². The second-order valence-corrected chi connectivity index (χ2v) is 6.04. The average Bonchev–Trinajstić information content (AvgIpc) is 2.62. The molecule has 0 bridgehead atoms. The van der Waals surface area contributed by atoms with Gasteiger partial charge in [-0.25, -0.2) is 4.79 Å². The topological polar surface area (TPSA) is 41.6 Å². The fourth-order valence-corrected chi connectivity index (χ4v) is 2.77. The Hall–Kier alpha value is -0.910. The smallest absolute Gasteiger partial charge is 0.327 e. The molecule has 0 saturated carbocycles. The Bertz CT molecular complexity index is 402.